The van der Waals surface area contributed by atoms with Crippen molar-refractivity contribution in [1.82, 2.24) is 9.88 Å². The number of aryl methyl sites for hydroxylation is 1. The number of ether oxygens (including phenoxy) is 1. The fourth-order valence-electron chi connectivity index (χ4n) is 3.79. The highest BCUT2D eigenvalue weighted by Crippen LogP contribution is 2.31. The topological polar surface area (TPSA) is 42.4 Å². The lowest BCUT2D eigenvalue weighted by Crippen LogP contribution is -2.51. The van der Waals surface area contributed by atoms with Gasteiger partial charge in [0.1, 0.15) is 5.82 Å². The molecule has 0 spiro atoms. The maximum absolute atomic E-state index is 13.3. The molecule has 2 heterocycles. The van der Waals surface area contributed by atoms with Crippen LogP contribution in [0.2, 0.25) is 0 Å². The first kappa shape index (κ1) is 14.6. The van der Waals surface area contributed by atoms with E-state index in [9.17, 15) is 9.18 Å². The summed E-state index contributed by atoms with van der Waals surface area (Å²) < 4.78 is 19.1. The van der Waals surface area contributed by atoms with Gasteiger partial charge in [-0.15, -0.1) is 0 Å². The number of halogens is 1. The summed E-state index contributed by atoms with van der Waals surface area (Å²) in [5.41, 5.74) is 1.84. The van der Waals surface area contributed by atoms with Crippen LogP contribution in [0.25, 0.3) is 10.9 Å². The fraction of sp³-hybridized carbons (Fsp3) is 0.444. The summed E-state index contributed by atoms with van der Waals surface area (Å²) in [7, 11) is 0. The summed E-state index contributed by atoms with van der Waals surface area (Å²) in [5.74, 6) is -0.299. The van der Waals surface area contributed by atoms with E-state index < -0.39 is 0 Å². The summed E-state index contributed by atoms with van der Waals surface area (Å²) in [6.45, 7) is 3.03. The Labute approximate surface area is 134 Å². The third kappa shape index (κ3) is 2.49. The molecule has 4 rings (SSSR count). The number of rotatable bonds is 1. The number of hydrogen-bond donors (Lipinski definition) is 0. The van der Waals surface area contributed by atoms with Gasteiger partial charge in [0, 0.05) is 18.0 Å². The first-order valence-electron chi connectivity index (χ1n) is 8.13. The molecule has 2 fully saturated rings. The Bertz CT molecular complexity index is 777. The van der Waals surface area contributed by atoms with Crippen molar-refractivity contribution in [2.75, 3.05) is 13.2 Å². The molecule has 1 aliphatic carbocycles. The predicted molar refractivity (Wildman–Crippen MR) is 84.9 cm³/mol. The number of amides is 1. The maximum Gasteiger partial charge on any atom is 0.256 e. The normalized spacial score (nSPS) is 24.0. The maximum atomic E-state index is 13.3. The second-order valence-electron chi connectivity index (χ2n) is 6.36. The first-order chi connectivity index (χ1) is 11.1. The number of carbonyl (C=O) groups is 1. The summed E-state index contributed by atoms with van der Waals surface area (Å²) >= 11 is 0. The van der Waals surface area contributed by atoms with Crippen molar-refractivity contribution in [2.45, 2.75) is 38.3 Å². The molecule has 1 aromatic heterocycles. The molecule has 120 valence electrons. The Balaban J connectivity index is 1.71. The van der Waals surface area contributed by atoms with Gasteiger partial charge in [-0.2, -0.15) is 0 Å². The van der Waals surface area contributed by atoms with Gasteiger partial charge in [0.15, 0.2) is 0 Å². The lowest BCUT2D eigenvalue weighted by molar-refractivity contribution is -0.0445. The van der Waals surface area contributed by atoms with E-state index in [0.717, 1.165) is 24.6 Å². The highest BCUT2D eigenvalue weighted by molar-refractivity contribution is 5.99. The van der Waals surface area contributed by atoms with E-state index in [1.165, 1.54) is 12.1 Å². The second kappa shape index (κ2) is 5.57. The predicted octanol–water partition coefficient (Wildman–Crippen LogP) is 3.08. The monoisotopic (exact) mass is 314 g/mol. The van der Waals surface area contributed by atoms with Crippen LogP contribution in [0.5, 0.6) is 0 Å². The smallest absolute Gasteiger partial charge is 0.256 e. The first-order valence-corrected chi connectivity index (χ1v) is 8.13. The Kier molecular flexibility index (Phi) is 3.53. The standard InChI is InChI=1S/C18H19FN2O2/c1-11-14(9-12-5-6-13(19)10-15(12)20-11)18(22)21-7-8-23-17-4-2-3-16(17)21/h5-6,9-10,16-17H,2-4,7-8H2,1H3/t16-,17+/m0/s1. The van der Waals surface area contributed by atoms with Crippen LogP contribution in [0.1, 0.15) is 35.3 Å². The Morgan fingerprint density at radius 3 is 3.09 bits per heavy atom. The van der Waals surface area contributed by atoms with E-state index >= 15 is 0 Å². The van der Waals surface area contributed by atoms with Crippen LogP contribution in [0, 0.1) is 12.7 Å². The average Bonchev–Trinajstić information content (AvgIpc) is 3.02. The quantitative estimate of drug-likeness (QED) is 0.812. The molecule has 2 aliphatic rings. The van der Waals surface area contributed by atoms with Gasteiger partial charge < -0.3 is 9.64 Å². The van der Waals surface area contributed by atoms with Crippen LogP contribution in [0.4, 0.5) is 4.39 Å². The van der Waals surface area contributed by atoms with Crippen LogP contribution in [0.15, 0.2) is 24.3 Å². The van der Waals surface area contributed by atoms with E-state index in [1.807, 2.05) is 17.9 Å². The van der Waals surface area contributed by atoms with Crippen LogP contribution in [-0.4, -0.2) is 41.1 Å². The molecule has 23 heavy (non-hydrogen) atoms. The minimum absolute atomic E-state index is 0.0152. The molecule has 4 nitrogen and oxygen atoms in total. The van der Waals surface area contributed by atoms with Gasteiger partial charge in [-0.3, -0.25) is 9.78 Å². The molecule has 1 amide bonds. The highest BCUT2D eigenvalue weighted by atomic mass is 19.1. The van der Waals surface area contributed by atoms with Crippen molar-refractivity contribution < 1.29 is 13.9 Å². The van der Waals surface area contributed by atoms with Gasteiger partial charge in [-0.05, 0) is 44.4 Å². The molecule has 1 aromatic carbocycles. The highest BCUT2D eigenvalue weighted by Gasteiger charge is 2.39. The van der Waals surface area contributed by atoms with Crippen molar-refractivity contribution in [3.05, 3.63) is 41.3 Å². The lowest BCUT2D eigenvalue weighted by atomic mass is 10.1. The molecule has 1 saturated carbocycles. The Morgan fingerprint density at radius 2 is 2.22 bits per heavy atom. The van der Waals surface area contributed by atoms with Crippen molar-refractivity contribution in [3.8, 4) is 0 Å². The van der Waals surface area contributed by atoms with Crippen molar-refractivity contribution in [3.63, 3.8) is 0 Å². The fourth-order valence-corrected chi connectivity index (χ4v) is 3.79. The van der Waals surface area contributed by atoms with Gasteiger partial charge in [-0.1, -0.05) is 0 Å². The molecule has 0 N–H and O–H groups in total. The zero-order valence-electron chi connectivity index (χ0n) is 13.1. The minimum Gasteiger partial charge on any atom is -0.374 e. The number of carbonyl (C=O) groups excluding carboxylic acids is 1. The lowest BCUT2D eigenvalue weighted by Gasteiger charge is -2.37. The third-order valence-corrected chi connectivity index (χ3v) is 4.94. The molecule has 0 bridgehead atoms. The molecule has 5 heteroatoms. The minimum atomic E-state index is -0.314. The Morgan fingerprint density at radius 1 is 1.35 bits per heavy atom. The molecular weight excluding hydrogens is 295 g/mol. The number of morpholine rings is 1. The number of nitrogens with zero attached hydrogens (tertiary/aromatic N) is 2. The van der Waals surface area contributed by atoms with E-state index in [1.54, 1.807) is 6.07 Å². The van der Waals surface area contributed by atoms with Crippen molar-refractivity contribution in [1.29, 1.82) is 0 Å². The van der Waals surface area contributed by atoms with E-state index in [4.69, 9.17) is 4.74 Å². The Hall–Kier alpha value is -2.01. The SMILES string of the molecule is Cc1nc2cc(F)ccc2cc1C(=O)N1CCO[C@@H]2CCC[C@@H]21. The van der Waals surface area contributed by atoms with Crippen LogP contribution < -0.4 is 0 Å². The summed E-state index contributed by atoms with van der Waals surface area (Å²) in [6.07, 6.45) is 3.31. The molecule has 1 aliphatic heterocycles. The van der Waals surface area contributed by atoms with Gasteiger partial charge in [0.25, 0.3) is 5.91 Å². The van der Waals surface area contributed by atoms with E-state index in [0.29, 0.717) is 29.9 Å². The number of pyridine rings is 1. The van der Waals surface area contributed by atoms with Crippen molar-refractivity contribution in [2.24, 2.45) is 0 Å². The van der Waals surface area contributed by atoms with E-state index in [2.05, 4.69) is 4.98 Å². The molecule has 0 unspecified atom stereocenters. The zero-order valence-corrected chi connectivity index (χ0v) is 13.1. The van der Waals surface area contributed by atoms with Crippen molar-refractivity contribution >= 4 is 16.8 Å². The van der Waals surface area contributed by atoms with E-state index in [-0.39, 0.29) is 23.9 Å². The second-order valence-corrected chi connectivity index (χ2v) is 6.36. The summed E-state index contributed by atoms with van der Waals surface area (Å²) in [5, 5.41) is 0.789. The number of fused-ring (bicyclic) bond motifs is 2. The molecular formula is C18H19FN2O2. The van der Waals surface area contributed by atoms with Gasteiger partial charge in [0.2, 0.25) is 0 Å². The van der Waals surface area contributed by atoms with Gasteiger partial charge in [-0.25, -0.2) is 4.39 Å². The summed E-state index contributed by atoms with van der Waals surface area (Å²) in [4.78, 5) is 19.4. The third-order valence-electron chi connectivity index (χ3n) is 4.94. The van der Waals surface area contributed by atoms with Crippen LogP contribution in [0.3, 0.4) is 0 Å². The molecule has 1 saturated heterocycles. The zero-order chi connectivity index (χ0) is 16.0. The number of aromatic nitrogens is 1. The van der Waals surface area contributed by atoms with Crippen LogP contribution in [-0.2, 0) is 4.74 Å². The molecule has 2 atom stereocenters. The number of hydrogen-bond acceptors (Lipinski definition) is 3. The molecule has 0 radical (unpaired) electrons. The summed E-state index contributed by atoms with van der Waals surface area (Å²) in [6, 6.07) is 6.48. The van der Waals surface area contributed by atoms with Gasteiger partial charge >= 0.3 is 0 Å². The average molecular weight is 314 g/mol. The van der Waals surface area contributed by atoms with Gasteiger partial charge in [0.05, 0.1) is 35.5 Å². The molecule has 2 aromatic rings. The largest absolute Gasteiger partial charge is 0.374 e. The van der Waals surface area contributed by atoms with Crippen LogP contribution >= 0.6 is 0 Å². The number of benzene rings is 1.